The van der Waals surface area contributed by atoms with Crippen molar-refractivity contribution in [1.82, 2.24) is 4.72 Å². The lowest BCUT2D eigenvalue weighted by Gasteiger charge is -2.08. The molecule has 0 saturated carbocycles. The summed E-state index contributed by atoms with van der Waals surface area (Å²) < 4.78 is 26.4. The number of thiophene rings is 1. The largest absolute Gasteiger partial charge is 0.378 e. The van der Waals surface area contributed by atoms with Crippen LogP contribution in [0.5, 0.6) is 0 Å². The minimum Gasteiger partial charge on any atom is -0.378 e. The van der Waals surface area contributed by atoms with Gasteiger partial charge in [0.2, 0.25) is 10.0 Å². The molecule has 0 aliphatic heterocycles. The second-order valence-electron chi connectivity index (χ2n) is 4.36. The summed E-state index contributed by atoms with van der Waals surface area (Å²) in [6.07, 6.45) is 0. The van der Waals surface area contributed by atoms with Gasteiger partial charge in [0.25, 0.3) is 5.69 Å². The number of hydrogen-bond donors (Lipinski definition) is 2. The van der Waals surface area contributed by atoms with Gasteiger partial charge in [-0.2, -0.15) is 5.26 Å². The summed E-state index contributed by atoms with van der Waals surface area (Å²) in [5.74, 6) is 0. The van der Waals surface area contributed by atoms with Gasteiger partial charge in [0, 0.05) is 19.2 Å². The number of nitriles is 1. The monoisotopic (exact) mass is 352 g/mol. The average molecular weight is 352 g/mol. The lowest BCUT2D eigenvalue weighted by atomic mass is 10.2. The number of nitrogens with zero attached hydrogens (tertiary/aromatic N) is 2. The zero-order valence-electron chi connectivity index (χ0n) is 11.7. The number of nitro benzene ring substituents is 1. The second kappa shape index (κ2) is 7.19. The molecule has 0 aliphatic rings. The Morgan fingerprint density at radius 2 is 2.09 bits per heavy atom. The van der Waals surface area contributed by atoms with Crippen molar-refractivity contribution in [2.45, 2.75) is 4.21 Å². The molecule has 0 fully saturated rings. The van der Waals surface area contributed by atoms with Gasteiger partial charge in [0.1, 0.15) is 9.90 Å². The standard InChI is InChI=1S/C13H12N4O4S2/c14-9-10-3-4-11(12(8-10)17(18)19)15-5-6-16-23(20,21)13-2-1-7-22-13/h1-4,7-8,15-16H,5-6H2. The molecule has 8 nitrogen and oxygen atoms in total. The van der Waals surface area contributed by atoms with Crippen LogP contribution in [0, 0.1) is 21.4 Å². The molecule has 23 heavy (non-hydrogen) atoms. The van der Waals surface area contributed by atoms with Crippen LogP contribution in [0.1, 0.15) is 5.56 Å². The first-order valence-electron chi connectivity index (χ1n) is 6.39. The lowest BCUT2D eigenvalue weighted by molar-refractivity contribution is -0.384. The molecule has 0 spiro atoms. The van der Waals surface area contributed by atoms with E-state index in [1.807, 2.05) is 6.07 Å². The van der Waals surface area contributed by atoms with Gasteiger partial charge in [-0.1, -0.05) is 6.07 Å². The molecule has 0 bridgehead atoms. The van der Waals surface area contributed by atoms with E-state index in [0.717, 1.165) is 17.4 Å². The Labute approximate surface area is 136 Å². The molecule has 0 aliphatic carbocycles. The molecule has 2 rings (SSSR count). The Morgan fingerprint density at radius 3 is 2.70 bits per heavy atom. The molecule has 2 N–H and O–H groups in total. The summed E-state index contributed by atoms with van der Waals surface area (Å²) in [5, 5.41) is 24.2. The van der Waals surface area contributed by atoms with Crippen LogP contribution in [0.3, 0.4) is 0 Å². The minimum absolute atomic E-state index is 0.0669. The number of hydrogen-bond acceptors (Lipinski definition) is 7. The summed E-state index contributed by atoms with van der Waals surface area (Å²) in [4.78, 5) is 10.4. The topological polar surface area (TPSA) is 125 Å². The summed E-state index contributed by atoms with van der Waals surface area (Å²) in [7, 11) is -3.56. The van der Waals surface area contributed by atoms with Crippen molar-refractivity contribution in [3.63, 3.8) is 0 Å². The molecule has 120 valence electrons. The first-order chi connectivity index (χ1) is 10.9. The zero-order chi connectivity index (χ0) is 16.9. The van der Waals surface area contributed by atoms with Crippen molar-refractivity contribution in [3.05, 3.63) is 51.4 Å². The Morgan fingerprint density at radius 1 is 1.30 bits per heavy atom. The fourth-order valence-corrected chi connectivity index (χ4v) is 3.84. The highest BCUT2D eigenvalue weighted by atomic mass is 32.2. The number of rotatable bonds is 7. The predicted octanol–water partition coefficient (Wildman–Crippen LogP) is 1.92. The minimum atomic E-state index is -3.56. The maximum Gasteiger partial charge on any atom is 0.293 e. The number of sulfonamides is 1. The van der Waals surface area contributed by atoms with Crippen LogP contribution in [0.4, 0.5) is 11.4 Å². The number of anilines is 1. The highest BCUT2D eigenvalue weighted by Gasteiger charge is 2.16. The summed E-state index contributed by atoms with van der Waals surface area (Å²) in [6.45, 7) is 0.231. The number of nitro groups is 1. The van der Waals surface area contributed by atoms with Gasteiger partial charge < -0.3 is 5.32 Å². The molecule has 1 heterocycles. The van der Waals surface area contributed by atoms with E-state index in [4.69, 9.17) is 5.26 Å². The molecule has 0 atom stereocenters. The maximum atomic E-state index is 11.9. The highest BCUT2D eigenvalue weighted by Crippen LogP contribution is 2.25. The van der Waals surface area contributed by atoms with Gasteiger partial charge in [-0.25, -0.2) is 13.1 Å². The Balaban J connectivity index is 1.97. The summed E-state index contributed by atoms with van der Waals surface area (Å²) in [5.41, 5.74) is 0.176. The molecule has 0 amide bonds. The van der Waals surface area contributed by atoms with E-state index in [9.17, 15) is 18.5 Å². The van der Waals surface area contributed by atoms with Crippen molar-refractivity contribution in [1.29, 1.82) is 5.26 Å². The van der Waals surface area contributed by atoms with Gasteiger partial charge in [0.15, 0.2) is 0 Å². The molecular formula is C13H12N4O4S2. The maximum absolute atomic E-state index is 11.9. The third-order valence-electron chi connectivity index (χ3n) is 2.82. The quantitative estimate of drug-likeness (QED) is 0.445. The van der Waals surface area contributed by atoms with Crippen LogP contribution >= 0.6 is 11.3 Å². The van der Waals surface area contributed by atoms with Crippen LogP contribution in [0.2, 0.25) is 0 Å². The van der Waals surface area contributed by atoms with Gasteiger partial charge in [-0.15, -0.1) is 11.3 Å². The first-order valence-corrected chi connectivity index (χ1v) is 8.76. The van der Waals surface area contributed by atoms with Crippen molar-refractivity contribution < 1.29 is 13.3 Å². The van der Waals surface area contributed by atoms with Crippen molar-refractivity contribution >= 4 is 32.7 Å². The molecule has 0 unspecified atom stereocenters. The molecule has 1 aromatic carbocycles. The molecule has 2 aromatic rings. The van der Waals surface area contributed by atoms with Crippen molar-refractivity contribution in [2.24, 2.45) is 0 Å². The average Bonchev–Trinajstić information content (AvgIpc) is 3.06. The van der Waals surface area contributed by atoms with Gasteiger partial charge >= 0.3 is 0 Å². The van der Waals surface area contributed by atoms with Crippen LogP contribution < -0.4 is 10.0 Å². The van der Waals surface area contributed by atoms with Crippen LogP contribution in [0.25, 0.3) is 0 Å². The van der Waals surface area contributed by atoms with Crippen LogP contribution in [-0.4, -0.2) is 26.4 Å². The smallest absolute Gasteiger partial charge is 0.293 e. The fraction of sp³-hybridized carbons (Fsp3) is 0.154. The normalized spacial score (nSPS) is 10.9. The fourth-order valence-electron chi connectivity index (χ4n) is 1.77. The van der Waals surface area contributed by atoms with Crippen LogP contribution in [0.15, 0.2) is 39.9 Å². The van der Waals surface area contributed by atoms with E-state index in [-0.39, 0.29) is 34.2 Å². The van der Waals surface area contributed by atoms with Gasteiger partial charge in [0.05, 0.1) is 16.6 Å². The van der Waals surface area contributed by atoms with E-state index in [1.165, 1.54) is 18.2 Å². The van der Waals surface area contributed by atoms with E-state index in [0.29, 0.717) is 0 Å². The first kappa shape index (κ1) is 16.9. The van der Waals surface area contributed by atoms with Gasteiger partial charge in [-0.3, -0.25) is 10.1 Å². The number of nitrogens with one attached hydrogen (secondary N) is 2. The molecule has 10 heteroatoms. The van der Waals surface area contributed by atoms with E-state index < -0.39 is 14.9 Å². The Bertz CT molecular complexity index is 841. The summed E-state index contributed by atoms with van der Waals surface area (Å²) >= 11 is 1.10. The Hall–Kier alpha value is -2.48. The SMILES string of the molecule is N#Cc1ccc(NCCNS(=O)(=O)c2cccs2)c([N+](=O)[O-])c1. The third kappa shape index (κ3) is 4.26. The van der Waals surface area contributed by atoms with Crippen molar-refractivity contribution in [3.8, 4) is 6.07 Å². The molecule has 1 aromatic heterocycles. The predicted molar refractivity (Wildman–Crippen MR) is 85.8 cm³/mol. The number of benzene rings is 1. The Kier molecular flexibility index (Phi) is 5.28. The second-order valence-corrected chi connectivity index (χ2v) is 7.30. The lowest BCUT2D eigenvalue weighted by Crippen LogP contribution is -2.28. The highest BCUT2D eigenvalue weighted by molar-refractivity contribution is 7.91. The van der Waals surface area contributed by atoms with E-state index in [2.05, 4.69) is 10.0 Å². The van der Waals surface area contributed by atoms with Gasteiger partial charge in [-0.05, 0) is 23.6 Å². The van der Waals surface area contributed by atoms with Crippen LogP contribution in [-0.2, 0) is 10.0 Å². The van der Waals surface area contributed by atoms with E-state index in [1.54, 1.807) is 11.4 Å². The molecule has 0 radical (unpaired) electrons. The van der Waals surface area contributed by atoms with E-state index >= 15 is 0 Å². The zero-order valence-corrected chi connectivity index (χ0v) is 13.4. The molecular weight excluding hydrogens is 340 g/mol. The third-order valence-corrected chi connectivity index (χ3v) is 5.67. The summed E-state index contributed by atoms with van der Waals surface area (Å²) in [6, 6.07) is 8.99. The molecule has 0 saturated heterocycles. The van der Waals surface area contributed by atoms with Crippen molar-refractivity contribution in [2.75, 3.05) is 18.4 Å².